The maximum absolute atomic E-state index is 5.41. The molecule has 9 aromatic carbocycles. The second-order valence-corrected chi connectivity index (χ2v) is 14.8. The van der Waals surface area contributed by atoms with Gasteiger partial charge in [-0.2, -0.15) is 0 Å². The highest BCUT2D eigenvalue weighted by Crippen LogP contribution is 2.42. The Morgan fingerprint density at radius 1 is 0.328 bits per heavy atom. The molecule has 58 heavy (non-hydrogen) atoms. The molecule has 0 unspecified atom stereocenters. The van der Waals surface area contributed by atoms with Crippen LogP contribution in [0.1, 0.15) is 17.0 Å². The zero-order valence-electron chi connectivity index (χ0n) is 31.6. The number of fused-ring (bicyclic) bond motifs is 6. The fourth-order valence-electron chi connectivity index (χ4n) is 8.65. The van der Waals surface area contributed by atoms with E-state index in [1.165, 1.54) is 43.4 Å². The van der Waals surface area contributed by atoms with E-state index in [4.69, 9.17) is 15.0 Å². The summed E-state index contributed by atoms with van der Waals surface area (Å²) in [5.41, 5.74) is 11.9. The largest absolute Gasteiger partial charge is 0.386 e. The molecule has 1 aromatic heterocycles. The van der Waals surface area contributed by atoms with E-state index in [1.807, 2.05) is 0 Å². The Bertz CT molecular complexity index is 3200. The van der Waals surface area contributed by atoms with Crippen molar-refractivity contribution < 1.29 is 0 Å². The molecule has 2 heterocycles. The van der Waals surface area contributed by atoms with Gasteiger partial charge < -0.3 is 5.32 Å². The normalized spacial score (nSPS) is 12.3. The highest BCUT2D eigenvalue weighted by atomic mass is 15.0. The SMILES string of the molecule is C1=C(c2nc(-c3ccc(-c4cccc5ccccc45)cc3)nc(-c3cccc(-c4ccccc4)c3-c3ccccc3)n2)c2c(ccc3c2ccc2ccccc23)CN1. The molecule has 0 atom stereocenters. The van der Waals surface area contributed by atoms with Crippen molar-refractivity contribution >= 4 is 37.9 Å². The maximum Gasteiger partial charge on any atom is 0.166 e. The molecule has 4 nitrogen and oxygen atoms in total. The first-order valence-corrected chi connectivity index (χ1v) is 19.7. The van der Waals surface area contributed by atoms with Gasteiger partial charge in [-0.05, 0) is 71.3 Å². The first kappa shape index (κ1) is 33.6. The van der Waals surface area contributed by atoms with Gasteiger partial charge in [0.2, 0.25) is 0 Å². The minimum absolute atomic E-state index is 0.618. The van der Waals surface area contributed by atoms with E-state index >= 15 is 0 Å². The summed E-state index contributed by atoms with van der Waals surface area (Å²) in [5, 5.41) is 10.8. The predicted molar refractivity (Wildman–Crippen MR) is 240 cm³/mol. The van der Waals surface area contributed by atoms with Crippen molar-refractivity contribution in [1.29, 1.82) is 0 Å². The Morgan fingerprint density at radius 3 is 1.71 bits per heavy atom. The summed E-state index contributed by atoms with van der Waals surface area (Å²) in [6, 6.07) is 68.8. The lowest BCUT2D eigenvalue weighted by molar-refractivity contribution is 0.851. The summed E-state index contributed by atoms with van der Waals surface area (Å²) < 4.78 is 0. The summed E-state index contributed by atoms with van der Waals surface area (Å²) in [7, 11) is 0. The van der Waals surface area contributed by atoms with Crippen LogP contribution in [0, 0.1) is 0 Å². The number of rotatable bonds is 6. The van der Waals surface area contributed by atoms with Gasteiger partial charge in [0.05, 0.1) is 0 Å². The fourth-order valence-corrected chi connectivity index (χ4v) is 8.65. The number of hydrogen-bond acceptors (Lipinski definition) is 4. The van der Waals surface area contributed by atoms with Gasteiger partial charge in [-0.3, -0.25) is 0 Å². The topological polar surface area (TPSA) is 50.7 Å². The molecule has 0 saturated heterocycles. The number of benzene rings is 9. The molecule has 0 bridgehead atoms. The maximum atomic E-state index is 5.41. The van der Waals surface area contributed by atoms with Gasteiger partial charge in [0.15, 0.2) is 17.5 Å². The molecule has 0 fully saturated rings. The van der Waals surface area contributed by atoms with Crippen molar-refractivity contribution in [1.82, 2.24) is 20.3 Å². The van der Waals surface area contributed by atoms with Crippen LogP contribution in [-0.2, 0) is 6.54 Å². The molecule has 272 valence electrons. The third kappa shape index (κ3) is 5.82. The Balaban J connectivity index is 1.14. The van der Waals surface area contributed by atoms with Crippen molar-refractivity contribution in [3.63, 3.8) is 0 Å². The molecule has 11 rings (SSSR count). The smallest absolute Gasteiger partial charge is 0.166 e. The second kappa shape index (κ2) is 14.1. The summed E-state index contributed by atoms with van der Waals surface area (Å²) in [5.74, 6) is 1.86. The molecule has 1 N–H and O–H groups in total. The van der Waals surface area contributed by atoms with E-state index in [-0.39, 0.29) is 0 Å². The van der Waals surface area contributed by atoms with Crippen LogP contribution in [0.5, 0.6) is 0 Å². The van der Waals surface area contributed by atoms with Gasteiger partial charge in [-0.15, -0.1) is 0 Å². The molecule has 0 aliphatic carbocycles. The van der Waals surface area contributed by atoms with Gasteiger partial charge in [0, 0.05) is 35.0 Å². The lowest BCUT2D eigenvalue weighted by atomic mass is 9.89. The average Bonchev–Trinajstić information content (AvgIpc) is 3.31. The fraction of sp³-hybridized carbons (Fsp3) is 0.0185. The van der Waals surface area contributed by atoms with Gasteiger partial charge in [0.25, 0.3) is 0 Å². The first-order chi connectivity index (χ1) is 28.8. The molecule has 1 aliphatic rings. The van der Waals surface area contributed by atoms with E-state index in [0.29, 0.717) is 17.5 Å². The van der Waals surface area contributed by atoms with Crippen molar-refractivity contribution in [3.8, 4) is 56.2 Å². The molecule has 0 saturated carbocycles. The average molecular weight is 741 g/mol. The van der Waals surface area contributed by atoms with Crippen LogP contribution in [0.15, 0.2) is 200 Å². The molecular formula is C54H36N4. The van der Waals surface area contributed by atoms with E-state index in [1.54, 1.807) is 0 Å². The summed E-state index contributed by atoms with van der Waals surface area (Å²) in [6.45, 7) is 0.722. The molecule has 4 heteroatoms. The van der Waals surface area contributed by atoms with Gasteiger partial charge in [-0.1, -0.05) is 194 Å². The molecule has 10 aromatic rings. The zero-order chi connectivity index (χ0) is 38.4. The van der Waals surface area contributed by atoms with E-state index in [2.05, 4.69) is 206 Å². The zero-order valence-corrected chi connectivity index (χ0v) is 31.6. The van der Waals surface area contributed by atoms with Crippen LogP contribution < -0.4 is 5.32 Å². The Labute approximate surface area is 336 Å². The van der Waals surface area contributed by atoms with Crippen molar-refractivity contribution in [3.05, 3.63) is 217 Å². The second-order valence-electron chi connectivity index (χ2n) is 14.8. The minimum Gasteiger partial charge on any atom is -0.386 e. The first-order valence-electron chi connectivity index (χ1n) is 19.7. The molecule has 0 spiro atoms. The van der Waals surface area contributed by atoms with Crippen molar-refractivity contribution in [2.24, 2.45) is 0 Å². The van der Waals surface area contributed by atoms with Crippen LogP contribution in [0.4, 0.5) is 0 Å². The highest BCUT2D eigenvalue weighted by molar-refractivity contribution is 6.12. The number of nitrogens with zero attached hydrogens (tertiary/aromatic N) is 3. The summed E-state index contributed by atoms with van der Waals surface area (Å²) >= 11 is 0. The molecular weight excluding hydrogens is 705 g/mol. The summed E-state index contributed by atoms with van der Waals surface area (Å²) in [6.07, 6.45) is 2.09. The van der Waals surface area contributed by atoms with E-state index in [0.717, 1.165) is 56.6 Å². The molecule has 0 radical (unpaired) electrons. The van der Waals surface area contributed by atoms with Gasteiger partial charge in [-0.25, -0.2) is 15.0 Å². The van der Waals surface area contributed by atoms with E-state index < -0.39 is 0 Å². The summed E-state index contributed by atoms with van der Waals surface area (Å²) in [4.78, 5) is 16.1. The Kier molecular flexibility index (Phi) is 8.18. The number of aromatic nitrogens is 3. The highest BCUT2D eigenvalue weighted by Gasteiger charge is 2.24. The monoisotopic (exact) mass is 740 g/mol. The minimum atomic E-state index is 0.618. The third-order valence-corrected chi connectivity index (χ3v) is 11.4. The van der Waals surface area contributed by atoms with Crippen LogP contribution in [0.2, 0.25) is 0 Å². The van der Waals surface area contributed by atoms with Crippen LogP contribution in [0.3, 0.4) is 0 Å². The quantitative estimate of drug-likeness (QED) is 0.173. The predicted octanol–water partition coefficient (Wildman–Crippen LogP) is 13.2. The lowest BCUT2D eigenvalue weighted by Gasteiger charge is -2.22. The van der Waals surface area contributed by atoms with Crippen molar-refractivity contribution in [2.75, 3.05) is 0 Å². The van der Waals surface area contributed by atoms with Gasteiger partial charge in [0.1, 0.15) is 0 Å². The van der Waals surface area contributed by atoms with E-state index in [9.17, 15) is 0 Å². The Hall–Kier alpha value is -7.69. The van der Waals surface area contributed by atoms with Crippen LogP contribution in [0.25, 0.3) is 94.0 Å². The van der Waals surface area contributed by atoms with Gasteiger partial charge >= 0.3 is 0 Å². The standard InChI is InChI=1S/C54H36N4/c1-3-13-36(14-4-1)45-23-12-24-48(50(45)39-17-5-2-6-18-39)53-56-52(40-27-25-38(26-28-40)43-22-11-19-35-15-7-9-20-42(35)43)57-54(58-53)49-34-55-33-41-30-31-46-44-21-10-8-16-37(44)29-32-47(46)51(41)49/h1-32,34,55H,33H2. The van der Waals surface area contributed by atoms with Crippen molar-refractivity contribution in [2.45, 2.75) is 6.54 Å². The number of hydrogen-bond donors (Lipinski definition) is 1. The number of nitrogens with one attached hydrogen (secondary N) is 1. The molecule has 0 amide bonds. The lowest BCUT2D eigenvalue weighted by Crippen LogP contribution is -2.16. The molecule has 1 aliphatic heterocycles. The Morgan fingerprint density at radius 2 is 0.897 bits per heavy atom. The third-order valence-electron chi connectivity index (χ3n) is 11.4. The van der Waals surface area contributed by atoms with Crippen LogP contribution in [-0.4, -0.2) is 15.0 Å². The van der Waals surface area contributed by atoms with Crippen LogP contribution >= 0.6 is 0 Å².